The van der Waals surface area contributed by atoms with Crippen molar-refractivity contribution in [2.24, 2.45) is 5.73 Å². The number of carbonyl (C=O) groups is 1. The van der Waals surface area contributed by atoms with E-state index in [-0.39, 0.29) is 11.7 Å². The molecular weight excluding hydrogens is 328 g/mol. The predicted octanol–water partition coefficient (Wildman–Crippen LogP) is 2.38. The Hall–Kier alpha value is -3.02. The van der Waals surface area contributed by atoms with Crippen LogP contribution in [0.1, 0.15) is 28.8 Å². The highest BCUT2D eigenvalue weighted by atomic mass is 16.5. The van der Waals surface area contributed by atoms with Gasteiger partial charge in [-0.15, -0.1) is 0 Å². The normalized spacial score (nSPS) is 13.5. The number of nitrogens with one attached hydrogen (secondary N) is 2. The van der Waals surface area contributed by atoms with Gasteiger partial charge in [0.25, 0.3) is 5.91 Å². The van der Waals surface area contributed by atoms with Gasteiger partial charge in [-0.05, 0) is 49.2 Å². The van der Waals surface area contributed by atoms with E-state index in [2.05, 4.69) is 10.2 Å². The summed E-state index contributed by atoms with van der Waals surface area (Å²) in [7, 11) is 0. The molecule has 1 fully saturated rings. The fourth-order valence-corrected chi connectivity index (χ4v) is 2.99. The third kappa shape index (κ3) is 4.53. The van der Waals surface area contributed by atoms with E-state index in [0.717, 1.165) is 13.1 Å². The molecule has 2 aromatic rings. The van der Waals surface area contributed by atoms with Gasteiger partial charge in [0.1, 0.15) is 18.2 Å². The predicted molar refractivity (Wildman–Crippen MR) is 103 cm³/mol. The molecule has 0 radical (unpaired) electrons. The van der Waals surface area contributed by atoms with Crippen molar-refractivity contribution in [1.82, 2.24) is 5.32 Å². The van der Waals surface area contributed by atoms with Gasteiger partial charge in [0.2, 0.25) is 0 Å². The van der Waals surface area contributed by atoms with Crippen molar-refractivity contribution in [3.8, 4) is 5.75 Å². The molecule has 6 nitrogen and oxygen atoms in total. The quantitative estimate of drug-likeness (QED) is 0.405. The lowest BCUT2D eigenvalue weighted by atomic mass is 10.2. The van der Waals surface area contributed by atoms with Crippen molar-refractivity contribution in [1.29, 1.82) is 5.41 Å². The lowest BCUT2D eigenvalue weighted by molar-refractivity contribution is 0.0947. The van der Waals surface area contributed by atoms with Crippen molar-refractivity contribution in [2.75, 3.05) is 31.1 Å². The Labute approximate surface area is 153 Å². The third-order valence-electron chi connectivity index (χ3n) is 4.40. The highest BCUT2D eigenvalue weighted by Gasteiger charge is 2.13. The Morgan fingerprint density at radius 1 is 1.12 bits per heavy atom. The lowest BCUT2D eigenvalue weighted by Crippen LogP contribution is -2.28. The average Bonchev–Trinajstić information content (AvgIpc) is 3.20. The van der Waals surface area contributed by atoms with Crippen LogP contribution in [0.4, 0.5) is 5.69 Å². The van der Waals surface area contributed by atoms with Crippen molar-refractivity contribution >= 4 is 17.4 Å². The summed E-state index contributed by atoms with van der Waals surface area (Å²) in [6.45, 7) is 2.93. The number of amides is 1. The van der Waals surface area contributed by atoms with Crippen LogP contribution in [0.15, 0.2) is 48.5 Å². The summed E-state index contributed by atoms with van der Waals surface area (Å²) in [6.07, 6.45) is 2.47. The molecule has 0 aliphatic carbocycles. The van der Waals surface area contributed by atoms with Gasteiger partial charge in [-0.1, -0.05) is 12.1 Å². The van der Waals surface area contributed by atoms with Gasteiger partial charge in [-0.25, -0.2) is 0 Å². The molecule has 0 bridgehead atoms. The Morgan fingerprint density at radius 3 is 2.54 bits per heavy atom. The van der Waals surface area contributed by atoms with Crippen LogP contribution in [-0.2, 0) is 0 Å². The van der Waals surface area contributed by atoms with E-state index in [1.165, 1.54) is 18.5 Å². The van der Waals surface area contributed by atoms with Crippen molar-refractivity contribution in [3.63, 3.8) is 0 Å². The van der Waals surface area contributed by atoms with Gasteiger partial charge in [-0.3, -0.25) is 10.2 Å². The Balaban J connectivity index is 1.45. The molecule has 6 heteroatoms. The molecule has 0 atom stereocenters. The van der Waals surface area contributed by atoms with Crippen LogP contribution >= 0.6 is 0 Å². The number of benzene rings is 2. The van der Waals surface area contributed by atoms with Crippen molar-refractivity contribution in [2.45, 2.75) is 12.8 Å². The first kappa shape index (κ1) is 17.8. The monoisotopic (exact) mass is 352 g/mol. The van der Waals surface area contributed by atoms with Crippen LogP contribution in [0.2, 0.25) is 0 Å². The fourth-order valence-electron chi connectivity index (χ4n) is 2.99. The van der Waals surface area contributed by atoms with Gasteiger partial charge in [0, 0.05) is 29.9 Å². The Morgan fingerprint density at radius 2 is 1.85 bits per heavy atom. The molecule has 0 spiro atoms. The SMILES string of the molecule is N=C(N)c1cccc(OCCNC(=O)c2ccc(N3CCCC3)cc2)c1. The van der Waals surface area contributed by atoms with Gasteiger partial charge in [0.05, 0.1) is 6.54 Å². The van der Waals surface area contributed by atoms with E-state index in [1.54, 1.807) is 24.3 Å². The maximum atomic E-state index is 12.2. The molecular formula is C20H24N4O2. The number of anilines is 1. The zero-order valence-electron chi connectivity index (χ0n) is 14.7. The second-order valence-electron chi connectivity index (χ2n) is 6.29. The average molecular weight is 352 g/mol. The van der Waals surface area contributed by atoms with E-state index in [0.29, 0.717) is 30.0 Å². The molecule has 0 saturated carbocycles. The molecule has 26 heavy (non-hydrogen) atoms. The van der Waals surface area contributed by atoms with Crippen LogP contribution in [0.3, 0.4) is 0 Å². The van der Waals surface area contributed by atoms with Gasteiger partial charge in [0.15, 0.2) is 0 Å². The van der Waals surface area contributed by atoms with Crippen molar-refractivity contribution < 1.29 is 9.53 Å². The largest absolute Gasteiger partial charge is 0.492 e. The van der Waals surface area contributed by atoms with Crippen LogP contribution in [-0.4, -0.2) is 38.0 Å². The van der Waals surface area contributed by atoms with Crippen LogP contribution < -0.4 is 20.7 Å². The number of nitrogens with two attached hydrogens (primary N) is 1. The summed E-state index contributed by atoms with van der Waals surface area (Å²) in [6, 6.07) is 14.8. The lowest BCUT2D eigenvalue weighted by Gasteiger charge is -2.17. The number of ether oxygens (including phenoxy) is 1. The topological polar surface area (TPSA) is 91.4 Å². The van der Waals surface area contributed by atoms with E-state index in [1.807, 2.05) is 24.3 Å². The molecule has 1 aliphatic heterocycles. The van der Waals surface area contributed by atoms with E-state index < -0.39 is 0 Å². The van der Waals surface area contributed by atoms with Crippen LogP contribution in [0, 0.1) is 5.41 Å². The summed E-state index contributed by atoms with van der Waals surface area (Å²) in [4.78, 5) is 14.5. The second kappa shape index (κ2) is 8.38. The second-order valence-corrected chi connectivity index (χ2v) is 6.29. The number of carbonyl (C=O) groups excluding carboxylic acids is 1. The molecule has 0 aromatic heterocycles. The first-order chi connectivity index (χ1) is 12.6. The molecule has 136 valence electrons. The molecule has 0 unspecified atom stereocenters. The van der Waals surface area contributed by atoms with Gasteiger partial charge in [-0.2, -0.15) is 0 Å². The van der Waals surface area contributed by atoms with E-state index in [4.69, 9.17) is 15.9 Å². The summed E-state index contributed by atoms with van der Waals surface area (Å²) in [5.41, 5.74) is 7.89. The zero-order chi connectivity index (χ0) is 18.4. The van der Waals surface area contributed by atoms with Crippen LogP contribution in [0.25, 0.3) is 0 Å². The van der Waals surface area contributed by atoms with Crippen molar-refractivity contribution in [3.05, 3.63) is 59.7 Å². The molecule has 1 amide bonds. The van der Waals surface area contributed by atoms with Crippen LogP contribution in [0.5, 0.6) is 5.75 Å². The number of rotatable bonds is 7. The molecule has 1 heterocycles. The summed E-state index contributed by atoms with van der Waals surface area (Å²) < 4.78 is 5.60. The summed E-state index contributed by atoms with van der Waals surface area (Å²) in [5.74, 6) is 0.516. The maximum Gasteiger partial charge on any atom is 0.251 e. The minimum absolute atomic E-state index is 0.00105. The smallest absolute Gasteiger partial charge is 0.251 e. The summed E-state index contributed by atoms with van der Waals surface area (Å²) in [5, 5.41) is 10.3. The van der Waals surface area contributed by atoms with E-state index >= 15 is 0 Å². The fraction of sp³-hybridized carbons (Fsp3) is 0.300. The minimum Gasteiger partial charge on any atom is -0.492 e. The zero-order valence-corrected chi connectivity index (χ0v) is 14.7. The molecule has 1 saturated heterocycles. The highest BCUT2D eigenvalue weighted by molar-refractivity contribution is 5.95. The molecule has 1 aliphatic rings. The van der Waals surface area contributed by atoms with E-state index in [9.17, 15) is 4.79 Å². The molecule has 4 N–H and O–H groups in total. The van der Waals surface area contributed by atoms with Gasteiger partial charge >= 0.3 is 0 Å². The molecule has 3 rings (SSSR count). The third-order valence-corrected chi connectivity index (χ3v) is 4.40. The maximum absolute atomic E-state index is 12.2. The highest BCUT2D eigenvalue weighted by Crippen LogP contribution is 2.20. The first-order valence-corrected chi connectivity index (χ1v) is 8.84. The summed E-state index contributed by atoms with van der Waals surface area (Å²) >= 11 is 0. The Kier molecular flexibility index (Phi) is 5.73. The number of nitrogens with zero attached hydrogens (tertiary/aromatic N) is 1. The number of amidine groups is 1. The Bertz CT molecular complexity index is 768. The van der Waals surface area contributed by atoms with Gasteiger partial charge < -0.3 is 20.7 Å². The first-order valence-electron chi connectivity index (χ1n) is 8.84. The minimum atomic E-state index is -0.112. The number of nitrogen functional groups attached to an aromatic ring is 1. The number of hydrogen-bond acceptors (Lipinski definition) is 4. The standard InChI is InChI=1S/C20H24N4O2/c21-19(22)16-4-3-5-18(14-16)26-13-10-23-20(25)15-6-8-17(9-7-15)24-11-1-2-12-24/h3-9,14H,1-2,10-13H2,(H3,21,22)(H,23,25). The molecule has 2 aromatic carbocycles. The number of hydrogen-bond donors (Lipinski definition) is 3.